The molecule has 9 heteroatoms. The van der Waals surface area contributed by atoms with Crippen molar-refractivity contribution in [3.8, 4) is 0 Å². The van der Waals surface area contributed by atoms with Crippen LogP contribution in [0.25, 0.3) is 11.1 Å². The minimum absolute atomic E-state index is 0.153. The molecular weight excluding hydrogens is 372 g/mol. The predicted molar refractivity (Wildman–Crippen MR) is 103 cm³/mol. The third kappa shape index (κ3) is 3.16. The van der Waals surface area contributed by atoms with Crippen LogP contribution in [-0.4, -0.2) is 38.3 Å². The first-order chi connectivity index (χ1) is 14.0. The van der Waals surface area contributed by atoms with Gasteiger partial charge in [0.1, 0.15) is 0 Å². The standard InChI is InChI=1S/C20H22N6O3/c1-10-17-13(7-15(12-2-3-12)24-20(17)29-25-10)19(28)22-8-11-4-5-26-16(6-11)14(9-23-26)18(21)27/h7,9,11-12H,2-6,8H2,1H3,(H2,21,27)(H,22,28)/t11-/m1/s1. The zero-order valence-electron chi connectivity index (χ0n) is 16.1. The van der Waals surface area contributed by atoms with Gasteiger partial charge >= 0.3 is 0 Å². The Morgan fingerprint density at radius 2 is 2.14 bits per heavy atom. The number of nitrogens with zero attached hydrogens (tertiary/aromatic N) is 4. The third-order valence-corrected chi connectivity index (χ3v) is 5.87. The van der Waals surface area contributed by atoms with Gasteiger partial charge in [0.25, 0.3) is 17.5 Å². The van der Waals surface area contributed by atoms with Crippen LogP contribution >= 0.6 is 0 Å². The van der Waals surface area contributed by atoms with Crippen molar-refractivity contribution in [3.05, 3.63) is 40.5 Å². The molecule has 0 bridgehead atoms. The largest absolute Gasteiger partial charge is 0.365 e. The van der Waals surface area contributed by atoms with E-state index < -0.39 is 5.91 Å². The molecule has 1 fully saturated rings. The highest BCUT2D eigenvalue weighted by Gasteiger charge is 2.29. The van der Waals surface area contributed by atoms with E-state index in [0.29, 0.717) is 53.3 Å². The number of primary amides is 1. The van der Waals surface area contributed by atoms with Gasteiger partial charge < -0.3 is 15.6 Å². The number of hydrogen-bond donors (Lipinski definition) is 2. The summed E-state index contributed by atoms with van der Waals surface area (Å²) >= 11 is 0. The minimum Gasteiger partial charge on any atom is -0.365 e. The van der Waals surface area contributed by atoms with Crippen LogP contribution in [0.3, 0.4) is 0 Å². The lowest BCUT2D eigenvalue weighted by atomic mass is 9.94. The van der Waals surface area contributed by atoms with E-state index in [1.807, 2.05) is 17.7 Å². The molecule has 0 radical (unpaired) electrons. The number of rotatable bonds is 5. The molecule has 0 aromatic carbocycles. The van der Waals surface area contributed by atoms with E-state index in [9.17, 15) is 9.59 Å². The van der Waals surface area contributed by atoms with Crippen LogP contribution in [0.4, 0.5) is 0 Å². The molecule has 1 saturated carbocycles. The second-order valence-electron chi connectivity index (χ2n) is 7.98. The first-order valence-corrected chi connectivity index (χ1v) is 9.91. The fourth-order valence-corrected chi connectivity index (χ4v) is 4.09. The highest BCUT2D eigenvalue weighted by molar-refractivity contribution is 6.06. The summed E-state index contributed by atoms with van der Waals surface area (Å²) in [5.74, 6) is -0.00211. The van der Waals surface area contributed by atoms with Crippen LogP contribution in [0.1, 0.15) is 63.0 Å². The quantitative estimate of drug-likeness (QED) is 0.678. The Morgan fingerprint density at radius 1 is 1.31 bits per heavy atom. The van der Waals surface area contributed by atoms with Gasteiger partial charge in [0.15, 0.2) is 0 Å². The molecule has 2 aliphatic rings. The molecule has 4 heterocycles. The van der Waals surface area contributed by atoms with Crippen molar-refractivity contribution in [1.29, 1.82) is 0 Å². The maximum Gasteiger partial charge on any atom is 0.259 e. The fraction of sp³-hybridized carbons (Fsp3) is 0.450. The summed E-state index contributed by atoms with van der Waals surface area (Å²) < 4.78 is 7.15. The van der Waals surface area contributed by atoms with Crippen molar-refractivity contribution in [3.63, 3.8) is 0 Å². The van der Waals surface area contributed by atoms with Gasteiger partial charge in [-0.3, -0.25) is 14.3 Å². The van der Waals surface area contributed by atoms with Gasteiger partial charge in [-0.2, -0.15) is 5.10 Å². The van der Waals surface area contributed by atoms with Crippen LogP contribution in [-0.2, 0) is 13.0 Å². The highest BCUT2D eigenvalue weighted by atomic mass is 16.5. The summed E-state index contributed by atoms with van der Waals surface area (Å²) in [7, 11) is 0. The van der Waals surface area contributed by atoms with Gasteiger partial charge in [0, 0.05) is 24.7 Å². The first-order valence-electron chi connectivity index (χ1n) is 9.91. The molecule has 0 spiro atoms. The zero-order valence-corrected chi connectivity index (χ0v) is 16.1. The molecule has 1 aliphatic heterocycles. The highest BCUT2D eigenvalue weighted by Crippen LogP contribution is 2.40. The Bertz CT molecular complexity index is 1130. The van der Waals surface area contributed by atoms with Gasteiger partial charge in [0.2, 0.25) is 0 Å². The van der Waals surface area contributed by atoms with Crippen molar-refractivity contribution < 1.29 is 14.1 Å². The molecular formula is C20H22N6O3. The molecule has 150 valence electrons. The summed E-state index contributed by atoms with van der Waals surface area (Å²) in [6.07, 6.45) is 5.23. The summed E-state index contributed by atoms with van der Waals surface area (Å²) in [5, 5.41) is 11.9. The molecule has 5 rings (SSSR count). The second-order valence-corrected chi connectivity index (χ2v) is 7.98. The number of hydrogen-bond acceptors (Lipinski definition) is 6. The average molecular weight is 394 g/mol. The number of aryl methyl sites for hydroxylation is 2. The van der Waals surface area contributed by atoms with Gasteiger partial charge in [0.05, 0.1) is 34.1 Å². The number of fused-ring (bicyclic) bond motifs is 2. The molecule has 2 amide bonds. The van der Waals surface area contributed by atoms with E-state index in [0.717, 1.165) is 30.7 Å². The molecule has 3 N–H and O–H groups in total. The fourth-order valence-electron chi connectivity index (χ4n) is 4.09. The van der Waals surface area contributed by atoms with Gasteiger partial charge in [-0.25, -0.2) is 4.98 Å². The number of aromatic nitrogens is 4. The average Bonchev–Trinajstić information content (AvgIpc) is 3.38. The molecule has 1 aliphatic carbocycles. The Morgan fingerprint density at radius 3 is 2.90 bits per heavy atom. The van der Waals surface area contributed by atoms with E-state index in [4.69, 9.17) is 10.3 Å². The Balaban J connectivity index is 1.34. The smallest absolute Gasteiger partial charge is 0.259 e. The first kappa shape index (κ1) is 17.8. The van der Waals surface area contributed by atoms with Crippen molar-refractivity contribution >= 4 is 22.9 Å². The van der Waals surface area contributed by atoms with Crippen molar-refractivity contribution in [2.24, 2.45) is 11.7 Å². The SMILES string of the molecule is Cc1noc2nc(C3CC3)cc(C(=O)NC[C@@H]3CCn4ncc(C(N)=O)c4C3)c12. The van der Waals surface area contributed by atoms with Gasteiger partial charge in [-0.15, -0.1) is 0 Å². The predicted octanol–water partition coefficient (Wildman–Crippen LogP) is 1.70. The van der Waals surface area contributed by atoms with Crippen molar-refractivity contribution in [2.45, 2.75) is 45.1 Å². The zero-order chi connectivity index (χ0) is 20.1. The summed E-state index contributed by atoms with van der Waals surface area (Å²) in [5.41, 5.74) is 9.29. The number of carbonyl (C=O) groups excluding carboxylic acids is 2. The monoisotopic (exact) mass is 394 g/mol. The van der Waals surface area contributed by atoms with E-state index in [1.165, 1.54) is 6.20 Å². The lowest BCUT2D eigenvalue weighted by Crippen LogP contribution is -2.34. The lowest BCUT2D eigenvalue weighted by Gasteiger charge is -2.24. The van der Waals surface area contributed by atoms with E-state index in [-0.39, 0.29) is 11.8 Å². The molecule has 3 aromatic heterocycles. The van der Waals surface area contributed by atoms with E-state index in [1.54, 1.807) is 0 Å². The third-order valence-electron chi connectivity index (χ3n) is 5.87. The van der Waals surface area contributed by atoms with Gasteiger partial charge in [-0.05, 0) is 44.6 Å². The van der Waals surface area contributed by atoms with Crippen molar-refractivity contribution in [2.75, 3.05) is 6.54 Å². The number of pyridine rings is 1. The maximum absolute atomic E-state index is 13.0. The molecule has 1 atom stereocenters. The van der Waals surface area contributed by atoms with E-state index in [2.05, 4.69) is 20.6 Å². The van der Waals surface area contributed by atoms with Crippen molar-refractivity contribution in [1.82, 2.24) is 25.2 Å². The van der Waals surface area contributed by atoms with Crippen LogP contribution in [0, 0.1) is 12.8 Å². The topological polar surface area (TPSA) is 129 Å². The molecule has 9 nitrogen and oxygen atoms in total. The lowest BCUT2D eigenvalue weighted by molar-refractivity contribution is 0.0943. The number of amides is 2. The van der Waals surface area contributed by atoms with Crippen LogP contribution < -0.4 is 11.1 Å². The van der Waals surface area contributed by atoms with Gasteiger partial charge in [-0.1, -0.05) is 5.16 Å². The Hall–Kier alpha value is -3.23. The normalized spacial score (nSPS) is 18.6. The van der Waals surface area contributed by atoms with E-state index >= 15 is 0 Å². The van der Waals surface area contributed by atoms with Crippen LogP contribution in [0.5, 0.6) is 0 Å². The van der Waals surface area contributed by atoms with Crippen LogP contribution in [0.2, 0.25) is 0 Å². The number of nitrogens with one attached hydrogen (secondary N) is 1. The molecule has 29 heavy (non-hydrogen) atoms. The molecule has 0 unspecified atom stereocenters. The molecule has 3 aromatic rings. The number of carbonyl (C=O) groups is 2. The summed E-state index contributed by atoms with van der Waals surface area (Å²) in [6.45, 7) is 3.03. The minimum atomic E-state index is -0.467. The number of nitrogens with two attached hydrogens (primary N) is 1. The summed E-state index contributed by atoms with van der Waals surface area (Å²) in [4.78, 5) is 29.1. The van der Waals surface area contributed by atoms with Crippen LogP contribution in [0.15, 0.2) is 16.8 Å². The maximum atomic E-state index is 13.0. The second kappa shape index (κ2) is 6.68. The molecule has 0 saturated heterocycles. The Labute approximate surface area is 166 Å². The Kier molecular flexibility index (Phi) is 4.11. The summed E-state index contributed by atoms with van der Waals surface area (Å²) in [6, 6.07) is 1.88.